The number of unbranched alkanes of at least 4 members (excludes halogenated alkanes) is 6. The van der Waals surface area contributed by atoms with Crippen molar-refractivity contribution in [3.05, 3.63) is 106 Å². The third kappa shape index (κ3) is 6.50. The monoisotopic (exact) mass is 770 g/mol. The number of aryl methyl sites for hydroxylation is 2. The van der Waals surface area contributed by atoms with E-state index in [1.165, 1.54) is 171 Å². The minimum absolute atomic E-state index is 0.0383. The first-order valence-corrected chi connectivity index (χ1v) is 23.2. The number of hydrogen-bond donors (Lipinski definition) is 0. The van der Waals surface area contributed by atoms with Gasteiger partial charge in [-0.25, -0.2) is 0 Å². The van der Waals surface area contributed by atoms with E-state index in [2.05, 4.69) is 140 Å². The van der Waals surface area contributed by atoms with E-state index in [9.17, 15) is 0 Å². The lowest BCUT2D eigenvalue weighted by Crippen LogP contribution is -2.11. The first kappa shape index (κ1) is 37.6. The van der Waals surface area contributed by atoms with E-state index in [0.717, 1.165) is 0 Å². The molecule has 0 aliphatic carbocycles. The van der Waals surface area contributed by atoms with Crippen molar-refractivity contribution in [2.24, 2.45) is 0 Å². The van der Waals surface area contributed by atoms with Gasteiger partial charge in [-0.1, -0.05) is 142 Å². The smallest absolute Gasteiger partial charge is 0.0352 e. The van der Waals surface area contributed by atoms with Crippen LogP contribution in [0.2, 0.25) is 0 Å². The Labute approximate surface area is 342 Å². The van der Waals surface area contributed by atoms with E-state index in [4.69, 9.17) is 0 Å². The van der Waals surface area contributed by atoms with Gasteiger partial charge >= 0.3 is 0 Å². The fourth-order valence-electron chi connectivity index (χ4n) is 9.47. The largest absolute Gasteiger partial charge is 0.140 e. The maximum absolute atomic E-state index is 2.57. The van der Waals surface area contributed by atoms with Crippen molar-refractivity contribution in [2.75, 3.05) is 0 Å². The molecule has 0 amide bonds. The molecule has 0 spiro atoms. The molecular weight excluding hydrogens is 713 g/mol. The van der Waals surface area contributed by atoms with E-state index in [1.54, 1.807) is 0 Å². The summed E-state index contributed by atoms with van der Waals surface area (Å²) in [4.78, 5) is 5.83. The van der Waals surface area contributed by atoms with Gasteiger partial charge in [0, 0.05) is 30.6 Å². The molecule has 0 fully saturated rings. The van der Waals surface area contributed by atoms with E-state index < -0.39 is 0 Å². The summed E-state index contributed by atoms with van der Waals surface area (Å²) < 4.78 is 0. The SMILES string of the molecule is CCCCCCc1ccc(-c2cc3cc(C(C)(C)C)cc4cc(-c5ccc(CCCCCC)s5)c5c6ccc7cc(C(C)(C)C)cc8ccc(c2c5c34)c6c87)s1. The molecule has 286 valence electrons. The molecule has 0 aliphatic rings. The van der Waals surface area contributed by atoms with Crippen molar-refractivity contribution in [2.45, 2.75) is 130 Å². The molecule has 2 heterocycles. The van der Waals surface area contributed by atoms with Gasteiger partial charge in [-0.3, -0.25) is 0 Å². The van der Waals surface area contributed by atoms with Crippen LogP contribution < -0.4 is 0 Å². The molecule has 56 heavy (non-hydrogen) atoms. The van der Waals surface area contributed by atoms with Crippen molar-refractivity contribution in [1.82, 2.24) is 0 Å². The van der Waals surface area contributed by atoms with Gasteiger partial charge in [-0.15, -0.1) is 22.7 Å². The molecule has 0 radical (unpaired) electrons. The zero-order valence-electron chi connectivity index (χ0n) is 35.0. The molecule has 0 saturated carbocycles. The van der Waals surface area contributed by atoms with Gasteiger partial charge in [-0.05, 0) is 149 Å². The van der Waals surface area contributed by atoms with Crippen molar-refractivity contribution in [1.29, 1.82) is 0 Å². The van der Waals surface area contributed by atoms with Crippen LogP contribution in [0, 0.1) is 0 Å². The average molecular weight is 771 g/mol. The van der Waals surface area contributed by atoms with Gasteiger partial charge in [-0.2, -0.15) is 0 Å². The lowest BCUT2D eigenvalue weighted by atomic mass is 9.78. The Morgan fingerprint density at radius 1 is 0.393 bits per heavy atom. The molecule has 0 bridgehead atoms. The van der Waals surface area contributed by atoms with Crippen LogP contribution in [0.1, 0.15) is 128 Å². The highest BCUT2D eigenvalue weighted by molar-refractivity contribution is 7.16. The Bertz CT molecular complexity index is 2670. The summed E-state index contributed by atoms with van der Waals surface area (Å²) >= 11 is 4.06. The Morgan fingerprint density at radius 3 is 1.25 bits per heavy atom. The van der Waals surface area contributed by atoms with Crippen LogP contribution in [0.4, 0.5) is 0 Å². The van der Waals surface area contributed by atoms with Gasteiger partial charge in [0.05, 0.1) is 0 Å². The Hall–Kier alpha value is -3.98. The van der Waals surface area contributed by atoms with Crippen molar-refractivity contribution in [3.8, 4) is 20.9 Å². The zero-order valence-corrected chi connectivity index (χ0v) is 36.6. The molecule has 0 nitrogen and oxygen atoms in total. The normalized spacial score (nSPS) is 13.0. The van der Waals surface area contributed by atoms with Crippen LogP contribution in [-0.4, -0.2) is 0 Å². The highest BCUT2D eigenvalue weighted by Crippen LogP contribution is 2.53. The van der Waals surface area contributed by atoms with Crippen molar-refractivity contribution >= 4 is 87.3 Å². The highest BCUT2D eigenvalue weighted by Gasteiger charge is 2.26. The minimum atomic E-state index is 0.0383. The van der Waals surface area contributed by atoms with E-state index >= 15 is 0 Å². The molecule has 7 aromatic carbocycles. The van der Waals surface area contributed by atoms with E-state index in [0.29, 0.717) is 0 Å². The number of thiophene rings is 2. The van der Waals surface area contributed by atoms with E-state index in [1.807, 2.05) is 22.7 Å². The van der Waals surface area contributed by atoms with Gasteiger partial charge in [0.25, 0.3) is 0 Å². The third-order valence-electron chi connectivity index (χ3n) is 12.6. The van der Waals surface area contributed by atoms with Crippen LogP contribution in [-0.2, 0) is 23.7 Å². The number of hydrogen-bond acceptors (Lipinski definition) is 2. The van der Waals surface area contributed by atoms with Crippen LogP contribution in [0.3, 0.4) is 0 Å². The minimum Gasteiger partial charge on any atom is -0.140 e. The van der Waals surface area contributed by atoms with Gasteiger partial charge in [0.1, 0.15) is 0 Å². The topological polar surface area (TPSA) is 0 Å². The summed E-state index contributed by atoms with van der Waals surface area (Å²) in [5.41, 5.74) is 5.71. The molecule has 2 aromatic heterocycles. The van der Waals surface area contributed by atoms with Crippen LogP contribution in [0.25, 0.3) is 85.5 Å². The quantitative estimate of drug-likeness (QED) is 0.0659. The molecule has 9 rings (SSSR count). The van der Waals surface area contributed by atoms with Gasteiger partial charge in [0.15, 0.2) is 0 Å². The fourth-order valence-corrected chi connectivity index (χ4v) is 11.6. The Balaban J connectivity index is 1.41. The predicted molar refractivity (Wildman–Crippen MR) is 254 cm³/mol. The predicted octanol–water partition coefficient (Wildman–Crippen LogP) is 17.8. The number of fused-ring (bicyclic) bond motifs is 2. The summed E-state index contributed by atoms with van der Waals surface area (Å²) in [5, 5.41) is 16.8. The highest BCUT2D eigenvalue weighted by atomic mass is 32.1. The summed E-state index contributed by atoms with van der Waals surface area (Å²) in [7, 11) is 0. The van der Waals surface area contributed by atoms with Gasteiger partial charge in [0.2, 0.25) is 0 Å². The maximum Gasteiger partial charge on any atom is 0.0352 e. The first-order valence-electron chi connectivity index (χ1n) is 21.5. The standard InChI is InChI=1S/C54H58S2/c1-9-11-13-15-17-39-21-25-45(55-39)43-31-35-29-38(54(6,7)8)30-36-32-44(46-26-22-40(56-46)18-16-14-12-10-2)51-42-24-20-34-28-37(53(3,4)5)27-33-19-23-41(49(42)47(33)34)50(43)52(51)48(35)36/h19-32H,9-18H2,1-8H3. The molecule has 0 atom stereocenters. The van der Waals surface area contributed by atoms with E-state index in [-0.39, 0.29) is 10.8 Å². The lowest BCUT2D eigenvalue weighted by Gasteiger charge is -2.26. The second kappa shape index (κ2) is 14.4. The van der Waals surface area contributed by atoms with Crippen molar-refractivity contribution in [3.63, 3.8) is 0 Å². The van der Waals surface area contributed by atoms with Gasteiger partial charge < -0.3 is 0 Å². The third-order valence-corrected chi connectivity index (χ3v) is 15.0. The first-order chi connectivity index (χ1) is 26.9. The van der Waals surface area contributed by atoms with Crippen molar-refractivity contribution < 1.29 is 0 Å². The summed E-state index contributed by atoms with van der Waals surface area (Å²) in [5.74, 6) is 0. The molecule has 0 unspecified atom stereocenters. The van der Waals surface area contributed by atoms with Crippen LogP contribution in [0.5, 0.6) is 0 Å². The maximum atomic E-state index is 2.57. The number of rotatable bonds is 12. The molecule has 0 N–H and O–H groups in total. The molecule has 2 heteroatoms. The number of benzene rings is 7. The second-order valence-corrected chi connectivity index (χ2v) is 21.2. The summed E-state index contributed by atoms with van der Waals surface area (Å²) in [6, 6.07) is 34.6. The molecule has 0 aliphatic heterocycles. The molecule has 0 saturated heterocycles. The zero-order chi connectivity index (χ0) is 38.9. The molecular formula is C54H58S2. The summed E-state index contributed by atoms with van der Waals surface area (Å²) in [6.45, 7) is 18.7. The van der Waals surface area contributed by atoms with Crippen LogP contribution in [0.15, 0.2) is 84.9 Å². The summed E-state index contributed by atoms with van der Waals surface area (Å²) in [6.07, 6.45) is 12.7. The Morgan fingerprint density at radius 2 is 0.821 bits per heavy atom. The fraction of sp³-hybridized carbons (Fsp3) is 0.370. The Kier molecular flexibility index (Phi) is 9.69. The lowest BCUT2D eigenvalue weighted by molar-refractivity contribution is 0.591. The average Bonchev–Trinajstić information content (AvgIpc) is 3.85. The van der Waals surface area contributed by atoms with Crippen LogP contribution >= 0.6 is 22.7 Å². The second-order valence-electron chi connectivity index (χ2n) is 18.8. The molecule has 9 aromatic rings.